The second kappa shape index (κ2) is 12.6. The summed E-state index contributed by atoms with van der Waals surface area (Å²) in [5.74, 6) is -0.343. The fourth-order valence-corrected chi connectivity index (χ4v) is 2.97. The van der Waals surface area contributed by atoms with Gasteiger partial charge in [-0.15, -0.1) is 0 Å². The van der Waals surface area contributed by atoms with Crippen molar-refractivity contribution in [2.75, 3.05) is 13.2 Å². The van der Waals surface area contributed by atoms with E-state index in [0.717, 1.165) is 19.3 Å². The second-order valence-corrected chi connectivity index (χ2v) is 6.65. The Morgan fingerprint density at radius 1 is 1.12 bits per heavy atom. The first-order chi connectivity index (χ1) is 11.6. The molecule has 1 fully saturated rings. The molecule has 24 heavy (non-hydrogen) atoms. The Morgan fingerprint density at radius 3 is 2.29 bits per heavy atom. The summed E-state index contributed by atoms with van der Waals surface area (Å²) in [5.41, 5.74) is 0. The van der Waals surface area contributed by atoms with E-state index >= 15 is 0 Å². The van der Waals surface area contributed by atoms with Crippen LogP contribution in [0, 0.1) is 0 Å². The Hall–Kier alpha value is -0.690. The van der Waals surface area contributed by atoms with E-state index in [9.17, 15) is 15.0 Å². The second-order valence-electron chi connectivity index (χ2n) is 6.65. The van der Waals surface area contributed by atoms with Crippen LogP contribution in [0.4, 0.5) is 0 Å². The molecule has 0 saturated carbocycles. The predicted molar refractivity (Wildman–Crippen MR) is 90.6 cm³/mol. The van der Waals surface area contributed by atoms with Crippen LogP contribution < -0.4 is 0 Å². The average molecular weight is 346 g/mol. The number of aliphatic hydroxyl groups is 3. The van der Waals surface area contributed by atoms with Crippen molar-refractivity contribution < 1.29 is 29.6 Å². The fourth-order valence-electron chi connectivity index (χ4n) is 2.97. The number of hydrogen-bond donors (Lipinski definition) is 3. The third-order valence-corrected chi connectivity index (χ3v) is 4.50. The van der Waals surface area contributed by atoms with Crippen molar-refractivity contribution in [2.24, 2.45) is 0 Å². The summed E-state index contributed by atoms with van der Waals surface area (Å²) in [7, 11) is 0. The van der Waals surface area contributed by atoms with Crippen LogP contribution in [0.15, 0.2) is 0 Å². The molecule has 3 N–H and O–H groups in total. The summed E-state index contributed by atoms with van der Waals surface area (Å²) >= 11 is 0. The van der Waals surface area contributed by atoms with Crippen LogP contribution in [0.2, 0.25) is 0 Å². The number of hydrogen-bond acceptors (Lipinski definition) is 6. The maximum absolute atomic E-state index is 11.8. The van der Waals surface area contributed by atoms with E-state index in [1.165, 1.54) is 38.5 Å². The van der Waals surface area contributed by atoms with E-state index in [4.69, 9.17) is 14.6 Å². The Balaban J connectivity index is 2.04. The van der Waals surface area contributed by atoms with Gasteiger partial charge in [0.2, 0.25) is 0 Å². The van der Waals surface area contributed by atoms with Crippen LogP contribution in [0.5, 0.6) is 0 Å². The topological polar surface area (TPSA) is 96.2 Å². The predicted octanol–water partition coefficient (Wildman–Crippen LogP) is 1.93. The third kappa shape index (κ3) is 7.92. The first-order valence-electron chi connectivity index (χ1n) is 9.38. The van der Waals surface area contributed by atoms with E-state index in [1.54, 1.807) is 0 Å². The number of carbonyl (C=O) groups is 1. The minimum absolute atomic E-state index is 0.0480. The summed E-state index contributed by atoms with van der Waals surface area (Å²) in [6, 6.07) is 0. The largest absolute Gasteiger partial charge is 0.457 e. The van der Waals surface area contributed by atoms with Gasteiger partial charge in [0.05, 0.1) is 13.2 Å². The van der Waals surface area contributed by atoms with Crippen molar-refractivity contribution in [1.29, 1.82) is 0 Å². The number of ether oxygens (including phenoxy) is 2. The minimum atomic E-state index is -1.17. The zero-order chi connectivity index (χ0) is 17.8. The summed E-state index contributed by atoms with van der Waals surface area (Å²) < 4.78 is 10.4. The molecule has 1 heterocycles. The molecule has 0 bridgehead atoms. The van der Waals surface area contributed by atoms with Crippen molar-refractivity contribution >= 4 is 5.97 Å². The van der Waals surface area contributed by atoms with Gasteiger partial charge in [-0.3, -0.25) is 4.79 Å². The van der Waals surface area contributed by atoms with Gasteiger partial charge in [-0.2, -0.15) is 0 Å². The molecule has 0 aromatic carbocycles. The first kappa shape index (κ1) is 21.4. The van der Waals surface area contributed by atoms with Gasteiger partial charge >= 0.3 is 5.97 Å². The zero-order valence-corrected chi connectivity index (χ0v) is 14.9. The number of rotatable bonds is 13. The molecule has 6 nitrogen and oxygen atoms in total. The van der Waals surface area contributed by atoms with Crippen LogP contribution in [0.3, 0.4) is 0 Å². The lowest BCUT2D eigenvalue weighted by molar-refractivity contribution is -0.153. The Morgan fingerprint density at radius 2 is 1.71 bits per heavy atom. The van der Waals surface area contributed by atoms with E-state index in [0.29, 0.717) is 6.42 Å². The van der Waals surface area contributed by atoms with Crippen LogP contribution in [0.25, 0.3) is 0 Å². The van der Waals surface area contributed by atoms with Gasteiger partial charge in [0.25, 0.3) is 0 Å². The third-order valence-electron chi connectivity index (χ3n) is 4.50. The summed E-state index contributed by atoms with van der Waals surface area (Å²) in [4.78, 5) is 11.8. The van der Waals surface area contributed by atoms with Crippen molar-refractivity contribution in [3.05, 3.63) is 0 Å². The standard InChI is InChI=1S/C18H34O6/c1-2-3-4-5-6-7-8-9-10-11-16(21)24-15-13-23-18(17(15)22)14(20)12-19/h14-15,17-20,22H,2-13H2,1H3/t14-,15-,17-,18-/m1/s1. The molecule has 1 aliphatic rings. The van der Waals surface area contributed by atoms with Gasteiger partial charge in [0, 0.05) is 6.42 Å². The molecule has 6 heteroatoms. The molecule has 0 aromatic rings. The molecule has 1 rings (SSSR count). The molecule has 1 saturated heterocycles. The SMILES string of the molecule is CCCCCCCCCCCC(=O)O[C@@H]1CO[C@H]([C@H](O)CO)[C@@H]1O. The van der Waals surface area contributed by atoms with Crippen LogP contribution in [-0.2, 0) is 14.3 Å². The summed E-state index contributed by atoms with van der Waals surface area (Å²) in [6.45, 7) is 1.76. The normalized spacial score (nSPS) is 24.9. The van der Waals surface area contributed by atoms with E-state index in [2.05, 4.69) is 6.92 Å². The van der Waals surface area contributed by atoms with Crippen molar-refractivity contribution in [3.8, 4) is 0 Å². The zero-order valence-electron chi connectivity index (χ0n) is 14.9. The number of aliphatic hydroxyl groups excluding tert-OH is 3. The van der Waals surface area contributed by atoms with E-state index in [1.807, 2.05) is 0 Å². The minimum Gasteiger partial charge on any atom is -0.457 e. The molecular weight excluding hydrogens is 312 g/mol. The quantitative estimate of drug-likeness (QED) is 0.348. The lowest BCUT2D eigenvalue weighted by Crippen LogP contribution is -2.41. The maximum atomic E-state index is 11.8. The Kier molecular flexibility index (Phi) is 11.2. The van der Waals surface area contributed by atoms with Crippen LogP contribution >= 0.6 is 0 Å². The number of unbranched alkanes of at least 4 members (excludes halogenated alkanes) is 8. The highest BCUT2D eigenvalue weighted by molar-refractivity contribution is 5.69. The van der Waals surface area contributed by atoms with E-state index < -0.39 is 31.0 Å². The summed E-state index contributed by atoms with van der Waals surface area (Å²) in [5, 5.41) is 28.3. The molecule has 0 aromatic heterocycles. The van der Waals surface area contributed by atoms with Crippen molar-refractivity contribution in [3.63, 3.8) is 0 Å². The molecule has 0 amide bonds. The van der Waals surface area contributed by atoms with Gasteiger partial charge in [0.15, 0.2) is 6.10 Å². The van der Waals surface area contributed by atoms with Crippen LogP contribution in [-0.4, -0.2) is 58.9 Å². The maximum Gasteiger partial charge on any atom is 0.306 e. The lowest BCUT2D eigenvalue weighted by atomic mass is 10.1. The molecule has 1 aliphatic heterocycles. The summed E-state index contributed by atoms with van der Waals surface area (Å²) in [6.07, 6.45) is 7.05. The molecular formula is C18H34O6. The molecule has 0 radical (unpaired) electrons. The molecule has 4 atom stereocenters. The molecule has 0 unspecified atom stereocenters. The highest BCUT2D eigenvalue weighted by atomic mass is 16.6. The van der Waals surface area contributed by atoms with Gasteiger partial charge in [-0.25, -0.2) is 0 Å². The molecule has 0 aliphatic carbocycles. The lowest BCUT2D eigenvalue weighted by Gasteiger charge is -2.20. The van der Waals surface area contributed by atoms with Crippen molar-refractivity contribution in [2.45, 2.75) is 95.5 Å². The van der Waals surface area contributed by atoms with Crippen LogP contribution in [0.1, 0.15) is 71.1 Å². The van der Waals surface area contributed by atoms with Gasteiger partial charge in [0.1, 0.15) is 18.3 Å². The van der Waals surface area contributed by atoms with Crippen molar-refractivity contribution in [1.82, 2.24) is 0 Å². The smallest absolute Gasteiger partial charge is 0.306 e. The first-order valence-corrected chi connectivity index (χ1v) is 9.38. The molecule has 142 valence electrons. The number of carbonyl (C=O) groups excluding carboxylic acids is 1. The highest BCUT2D eigenvalue weighted by Crippen LogP contribution is 2.21. The molecule has 0 spiro atoms. The Labute approximate surface area is 145 Å². The van der Waals surface area contributed by atoms with Gasteiger partial charge in [-0.05, 0) is 6.42 Å². The highest BCUT2D eigenvalue weighted by Gasteiger charge is 2.42. The van der Waals surface area contributed by atoms with Gasteiger partial charge in [-0.1, -0.05) is 58.3 Å². The van der Waals surface area contributed by atoms with E-state index in [-0.39, 0.29) is 12.6 Å². The Bertz CT molecular complexity index is 335. The number of esters is 1. The fraction of sp³-hybridized carbons (Fsp3) is 0.944. The monoisotopic (exact) mass is 346 g/mol. The van der Waals surface area contributed by atoms with Gasteiger partial charge < -0.3 is 24.8 Å². The average Bonchev–Trinajstić information content (AvgIpc) is 2.93.